The smallest absolute Gasteiger partial charge is 0.312 e. The minimum absolute atomic E-state index is 0.265. The van der Waals surface area contributed by atoms with Crippen molar-refractivity contribution in [2.45, 2.75) is 39.0 Å². The third-order valence-corrected chi connectivity index (χ3v) is 3.75. The summed E-state index contributed by atoms with van der Waals surface area (Å²) in [6.45, 7) is 5.51. The van der Waals surface area contributed by atoms with E-state index >= 15 is 0 Å². The van der Waals surface area contributed by atoms with Crippen molar-refractivity contribution in [3.05, 3.63) is 0 Å². The number of hydrogen-bond donors (Lipinski definition) is 1. The molecular weight excluding hydrogens is 243 g/mol. The fourth-order valence-corrected chi connectivity index (χ4v) is 2.55. The van der Waals surface area contributed by atoms with E-state index in [4.69, 9.17) is 9.47 Å². The topological polar surface area (TPSA) is 72.8 Å². The van der Waals surface area contributed by atoms with Crippen LogP contribution in [0.4, 0.5) is 0 Å². The number of hydrogen-bond acceptors (Lipinski definition) is 5. The van der Waals surface area contributed by atoms with Crippen molar-refractivity contribution in [1.29, 1.82) is 0 Å². The van der Waals surface area contributed by atoms with E-state index in [1.165, 1.54) is 0 Å². The molecule has 0 aromatic rings. The maximum Gasteiger partial charge on any atom is 0.312 e. The van der Waals surface area contributed by atoms with E-state index in [2.05, 4.69) is 0 Å². The van der Waals surface area contributed by atoms with Crippen LogP contribution in [-0.2, 0) is 18.8 Å². The van der Waals surface area contributed by atoms with Gasteiger partial charge in [-0.1, -0.05) is 13.3 Å². The second kappa shape index (κ2) is 8.67. The molecule has 0 aliphatic heterocycles. The molecule has 17 heavy (non-hydrogen) atoms. The molecule has 0 saturated heterocycles. The van der Waals surface area contributed by atoms with Gasteiger partial charge in [0, 0.05) is 6.61 Å². The van der Waals surface area contributed by atoms with E-state index in [1.54, 1.807) is 13.8 Å². The number of carbonyl (C=O) groups excluding carboxylic acids is 1. The highest BCUT2D eigenvalue weighted by Crippen LogP contribution is 2.36. The number of esters is 1. The molecule has 3 atom stereocenters. The van der Waals surface area contributed by atoms with Crippen LogP contribution in [-0.4, -0.2) is 36.2 Å². The van der Waals surface area contributed by atoms with Gasteiger partial charge in [0.1, 0.15) is 0 Å². The zero-order chi connectivity index (χ0) is 13.3. The van der Waals surface area contributed by atoms with Gasteiger partial charge in [0.2, 0.25) is 0 Å². The highest BCUT2D eigenvalue weighted by molar-refractivity contribution is 7.25. The monoisotopic (exact) mass is 266 g/mol. The van der Waals surface area contributed by atoms with E-state index in [9.17, 15) is 14.5 Å². The van der Waals surface area contributed by atoms with Gasteiger partial charge < -0.3 is 19.1 Å². The Morgan fingerprint density at radius 2 is 2.00 bits per heavy atom. The Morgan fingerprint density at radius 1 is 1.35 bits per heavy atom. The molecule has 0 fully saturated rings. The summed E-state index contributed by atoms with van der Waals surface area (Å²) in [5.41, 5.74) is 0. The molecule has 0 aromatic carbocycles. The summed E-state index contributed by atoms with van der Waals surface area (Å²) in [6.07, 6.45) is 1.23. The van der Waals surface area contributed by atoms with Crippen LogP contribution in [0.1, 0.15) is 33.6 Å². The molecule has 0 aromatic heterocycles. The minimum atomic E-state index is -1.43. The lowest BCUT2D eigenvalue weighted by Crippen LogP contribution is -2.44. The lowest BCUT2D eigenvalue weighted by Gasteiger charge is -2.33. The van der Waals surface area contributed by atoms with Crippen molar-refractivity contribution < 1.29 is 23.9 Å². The van der Waals surface area contributed by atoms with E-state index < -0.39 is 32.3 Å². The van der Waals surface area contributed by atoms with Gasteiger partial charge in [-0.15, -0.1) is 0 Å². The number of rotatable bonds is 9. The third kappa shape index (κ3) is 4.41. The zero-order valence-electron chi connectivity index (χ0n) is 10.8. The summed E-state index contributed by atoms with van der Waals surface area (Å²) in [7, 11) is -1.43. The highest BCUT2D eigenvalue weighted by atomic mass is 31.1. The molecular formula is C11H23O5P. The van der Waals surface area contributed by atoms with Crippen LogP contribution in [0.5, 0.6) is 0 Å². The normalized spacial score (nSPS) is 16.9. The van der Waals surface area contributed by atoms with Gasteiger partial charge in [-0.05, 0) is 20.3 Å². The molecule has 102 valence electrons. The van der Waals surface area contributed by atoms with E-state index in [0.29, 0.717) is 13.0 Å². The van der Waals surface area contributed by atoms with Crippen molar-refractivity contribution in [2.24, 2.45) is 5.92 Å². The van der Waals surface area contributed by atoms with Crippen LogP contribution in [0.2, 0.25) is 0 Å². The van der Waals surface area contributed by atoms with Gasteiger partial charge in [-0.3, -0.25) is 4.79 Å². The second-order valence-electron chi connectivity index (χ2n) is 3.76. The number of aliphatic hydroxyl groups excluding tert-OH is 1. The van der Waals surface area contributed by atoms with Crippen LogP contribution in [0.25, 0.3) is 0 Å². The summed E-state index contributed by atoms with van der Waals surface area (Å²) >= 11 is 0. The second-order valence-corrected chi connectivity index (χ2v) is 4.97. The molecule has 1 N–H and O–H groups in total. The van der Waals surface area contributed by atoms with Crippen molar-refractivity contribution in [2.75, 3.05) is 19.8 Å². The van der Waals surface area contributed by atoms with Crippen LogP contribution in [0, 0.1) is 5.92 Å². The van der Waals surface area contributed by atoms with Crippen LogP contribution in [0.3, 0.4) is 0 Å². The molecule has 0 aliphatic rings. The Hall–Kier alpha value is -0.380. The zero-order valence-corrected chi connectivity index (χ0v) is 11.9. The summed E-state index contributed by atoms with van der Waals surface area (Å²) in [4.78, 5) is 11.8. The summed E-state index contributed by atoms with van der Waals surface area (Å²) < 4.78 is 21.7. The summed E-state index contributed by atoms with van der Waals surface area (Å²) in [6, 6.07) is 0. The maximum atomic E-state index is 11.8. The molecule has 5 nitrogen and oxygen atoms in total. The Bertz CT molecular complexity index is 246. The molecule has 6 heteroatoms. The quantitative estimate of drug-likeness (QED) is 0.505. The van der Waals surface area contributed by atoms with Crippen molar-refractivity contribution in [1.82, 2.24) is 0 Å². The molecule has 0 radical (unpaired) electrons. The lowest BCUT2D eigenvalue weighted by atomic mass is 9.96. The highest BCUT2D eigenvalue weighted by Gasteiger charge is 2.43. The Kier molecular flexibility index (Phi) is 8.48. The van der Waals surface area contributed by atoms with Crippen LogP contribution < -0.4 is 0 Å². The Morgan fingerprint density at radius 3 is 2.35 bits per heavy atom. The average molecular weight is 266 g/mol. The molecule has 0 heterocycles. The Balaban J connectivity index is 5.06. The standard InChI is InChI=1S/C11H23O5P/c1-4-7-9(10(13)15-5-2)11(8-12,17-14)16-6-3/h9,12H,4-8,17H2,1-3H3. The third-order valence-electron chi connectivity index (χ3n) is 2.60. The van der Waals surface area contributed by atoms with Crippen molar-refractivity contribution in [3.63, 3.8) is 0 Å². The number of carbonyl (C=O) groups is 1. The van der Waals surface area contributed by atoms with Gasteiger partial charge >= 0.3 is 5.97 Å². The molecule has 0 spiro atoms. The predicted molar refractivity (Wildman–Crippen MR) is 66.9 cm³/mol. The molecule has 0 aliphatic carbocycles. The fourth-order valence-electron chi connectivity index (χ4n) is 1.77. The van der Waals surface area contributed by atoms with Gasteiger partial charge in [0.05, 0.1) is 27.6 Å². The van der Waals surface area contributed by atoms with Gasteiger partial charge in [0.15, 0.2) is 5.34 Å². The first-order chi connectivity index (χ1) is 8.11. The predicted octanol–water partition coefficient (Wildman–Crippen LogP) is 1.45. The lowest BCUT2D eigenvalue weighted by molar-refractivity contribution is -0.159. The van der Waals surface area contributed by atoms with E-state index in [0.717, 1.165) is 6.42 Å². The molecule has 0 amide bonds. The Labute approximate surface area is 104 Å². The molecule has 0 saturated carbocycles. The fraction of sp³-hybridized carbons (Fsp3) is 0.909. The largest absolute Gasteiger partial charge is 0.466 e. The first-order valence-electron chi connectivity index (χ1n) is 5.99. The maximum absolute atomic E-state index is 11.8. The first kappa shape index (κ1) is 16.6. The van der Waals surface area contributed by atoms with E-state index in [-0.39, 0.29) is 6.61 Å². The summed E-state index contributed by atoms with van der Waals surface area (Å²) in [5, 5.41) is 8.14. The molecule has 0 rings (SSSR count). The number of ether oxygens (including phenoxy) is 2. The van der Waals surface area contributed by atoms with Gasteiger partial charge in [0.25, 0.3) is 0 Å². The van der Waals surface area contributed by atoms with Crippen LogP contribution >= 0.6 is 8.46 Å². The SMILES string of the molecule is CCCC(C(=O)OCC)C(CO)(OCC)[PH2]=O. The van der Waals surface area contributed by atoms with E-state index in [1.807, 2.05) is 6.92 Å². The van der Waals surface area contributed by atoms with Gasteiger partial charge in [-0.25, -0.2) is 0 Å². The summed E-state index contributed by atoms with van der Waals surface area (Å²) in [5.74, 6) is -1.11. The average Bonchev–Trinajstić information content (AvgIpc) is 2.34. The van der Waals surface area contributed by atoms with Crippen molar-refractivity contribution in [3.8, 4) is 0 Å². The molecule has 0 bridgehead atoms. The van der Waals surface area contributed by atoms with Crippen LogP contribution in [0.15, 0.2) is 0 Å². The van der Waals surface area contributed by atoms with Crippen molar-refractivity contribution >= 4 is 14.4 Å². The first-order valence-corrected chi connectivity index (χ1v) is 7.04. The van der Waals surface area contributed by atoms with Gasteiger partial charge in [-0.2, -0.15) is 0 Å². The molecule has 3 unspecified atom stereocenters. The minimum Gasteiger partial charge on any atom is -0.466 e. The number of aliphatic hydroxyl groups is 1.